The average Bonchev–Trinajstić information content (AvgIpc) is 2.73. The van der Waals surface area contributed by atoms with Gasteiger partial charge in [-0.1, -0.05) is 60.1 Å². The van der Waals surface area contributed by atoms with Crippen LogP contribution in [0.25, 0.3) is 11.6 Å². The van der Waals surface area contributed by atoms with Crippen LogP contribution in [0.5, 0.6) is 11.5 Å². The minimum Gasteiger partial charge on any atom is -0.493 e. The Kier molecular flexibility index (Phi) is 6.35. The SMILES string of the molecule is COc1ccc(NC(=O)C(=Cc2ccccc2Cl)c2ccccc2)cc1OC. The molecule has 4 nitrogen and oxygen atoms in total. The molecule has 3 rings (SSSR count). The molecule has 0 aliphatic rings. The molecule has 3 aromatic rings. The molecule has 28 heavy (non-hydrogen) atoms. The Morgan fingerprint density at radius 2 is 1.57 bits per heavy atom. The van der Waals surface area contributed by atoms with Crippen LogP contribution in [-0.2, 0) is 4.79 Å². The molecular formula is C23H20ClNO3. The topological polar surface area (TPSA) is 47.6 Å². The van der Waals surface area contributed by atoms with E-state index in [0.717, 1.165) is 11.1 Å². The molecule has 0 saturated heterocycles. The van der Waals surface area contributed by atoms with E-state index in [0.29, 0.717) is 27.8 Å². The smallest absolute Gasteiger partial charge is 0.256 e. The first kappa shape index (κ1) is 19.5. The Labute approximate surface area is 169 Å². The van der Waals surface area contributed by atoms with E-state index in [-0.39, 0.29) is 5.91 Å². The van der Waals surface area contributed by atoms with Crippen molar-refractivity contribution in [2.75, 3.05) is 19.5 Å². The van der Waals surface area contributed by atoms with Gasteiger partial charge in [-0.05, 0) is 35.4 Å². The lowest BCUT2D eigenvalue weighted by Crippen LogP contribution is -2.13. The van der Waals surface area contributed by atoms with E-state index in [1.165, 1.54) is 0 Å². The summed E-state index contributed by atoms with van der Waals surface area (Å²) in [5.74, 6) is 0.880. The monoisotopic (exact) mass is 393 g/mol. The minimum absolute atomic E-state index is 0.252. The summed E-state index contributed by atoms with van der Waals surface area (Å²) in [6.45, 7) is 0. The van der Waals surface area contributed by atoms with Gasteiger partial charge in [-0.2, -0.15) is 0 Å². The first-order valence-electron chi connectivity index (χ1n) is 8.67. The van der Waals surface area contributed by atoms with E-state index >= 15 is 0 Å². The largest absolute Gasteiger partial charge is 0.493 e. The highest BCUT2D eigenvalue weighted by Crippen LogP contribution is 2.31. The summed E-state index contributed by atoms with van der Waals surface area (Å²) in [6, 6.07) is 22.1. The van der Waals surface area contributed by atoms with Gasteiger partial charge in [-0.15, -0.1) is 0 Å². The van der Waals surface area contributed by atoms with Crippen molar-refractivity contribution in [3.63, 3.8) is 0 Å². The van der Waals surface area contributed by atoms with Crippen molar-refractivity contribution in [3.05, 3.63) is 88.9 Å². The second kappa shape index (κ2) is 9.11. The van der Waals surface area contributed by atoms with Gasteiger partial charge in [0.25, 0.3) is 5.91 Å². The lowest BCUT2D eigenvalue weighted by Gasteiger charge is -2.13. The summed E-state index contributed by atoms with van der Waals surface area (Å²) >= 11 is 6.29. The Bertz CT molecular complexity index is 1000. The van der Waals surface area contributed by atoms with Crippen molar-refractivity contribution in [1.82, 2.24) is 0 Å². The molecule has 0 atom stereocenters. The Balaban J connectivity index is 1.97. The number of hydrogen-bond acceptors (Lipinski definition) is 3. The van der Waals surface area contributed by atoms with E-state index in [2.05, 4.69) is 5.32 Å². The summed E-state index contributed by atoms with van der Waals surface area (Å²) in [5, 5.41) is 3.50. The van der Waals surface area contributed by atoms with E-state index in [1.807, 2.05) is 48.5 Å². The van der Waals surface area contributed by atoms with Gasteiger partial charge in [0, 0.05) is 22.3 Å². The molecule has 0 saturated carbocycles. The maximum absolute atomic E-state index is 13.1. The zero-order valence-corrected chi connectivity index (χ0v) is 16.4. The fraction of sp³-hybridized carbons (Fsp3) is 0.0870. The number of halogens is 1. The van der Waals surface area contributed by atoms with Crippen molar-refractivity contribution in [2.45, 2.75) is 0 Å². The zero-order valence-electron chi connectivity index (χ0n) is 15.6. The van der Waals surface area contributed by atoms with Gasteiger partial charge in [0.05, 0.1) is 14.2 Å². The molecule has 0 unspecified atom stereocenters. The number of methoxy groups -OCH3 is 2. The molecule has 0 aliphatic carbocycles. The van der Waals surface area contributed by atoms with Crippen molar-refractivity contribution in [3.8, 4) is 11.5 Å². The predicted molar refractivity (Wildman–Crippen MR) is 114 cm³/mol. The van der Waals surface area contributed by atoms with E-state index < -0.39 is 0 Å². The molecule has 5 heteroatoms. The molecule has 0 heterocycles. The summed E-state index contributed by atoms with van der Waals surface area (Å²) in [6.07, 6.45) is 1.79. The second-order valence-corrected chi connectivity index (χ2v) is 6.38. The number of carbonyl (C=O) groups is 1. The normalized spacial score (nSPS) is 11.0. The lowest BCUT2D eigenvalue weighted by atomic mass is 10.0. The van der Waals surface area contributed by atoms with Crippen molar-refractivity contribution >= 4 is 34.8 Å². The van der Waals surface area contributed by atoms with Crippen LogP contribution < -0.4 is 14.8 Å². The molecule has 0 radical (unpaired) electrons. The number of benzene rings is 3. The van der Waals surface area contributed by atoms with Crippen LogP contribution in [0.1, 0.15) is 11.1 Å². The van der Waals surface area contributed by atoms with Gasteiger partial charge < -0.3 is 14.8 Å². The third-order valence-electron chi connectivity index (χ3n) is 4.18. The van der Waals surface area contributed by atoms with Gasteiger partial charge in [0.2, 0.25) is 0 Å². The van der Waals surface area contributed by atoms with Crippen LogP contribution in [0.15, 0.2) is 72.8 Å². The van der Waals surface area contributed by atoms with Crippen molar-refractivity contribution in [1.29, 1.82) is 0 Å². The molecule has 0 aromatic heterocycles. The Morgan fingerprint density at radius 3 is 2.25 bits per heavy atom. The molecule has 0 fully saturated rings. The van der Waals surface area contributed by atoms with E-state index in [1.54, 1.807) is 44.6 Å². The quantitative estimate of drug-likeness (QED) is 0.442. The average molecular weight is 394 g/mol. The zero-order chi connectivity index (χ0) is 19.9. The van der Waals surface area contributed by atoms with Gasteiger partial charge >= 0.3 is 0 Å². The van der Waals surface area contributed by atoms with Crippen LogP contribution >= 0.6 is 11.6 Å². The Hall–Kier alpha value is -3.24. The summed E-state index contributed by atoms with van der Waals surface area (Å²) in [7, 11) is 3.12. The van der Waals surface area contributed by atoms with Crippen LogP contribution in [0.2, 0.25) is 5.02 Å². The molecule has 0 spiro atoms. The van der Waals surface area contributed by atoms with Crippen LogP contribution in [0, 0.1) is 0 Å². The number of ether oxygens (including phenoxy) is 2. The van der Waals surface area contributed by atoms with Crippen molar-refractivity contribution in [2.24, 2.45) is 0 Å². The van der Waals surface area contributed by atoms with Gasteiger partial charge in [-0.25, -0.2) is 0 Å². The first-order chi connectivity index (χ1) is 13.6. The summed E-state index contributed by atoms with van der Waals surface area (Å²) < 4.78 is 10.5. The summed E-state index contributed by atoms with van der Waals surface area (Å²) in [5.41, 5.74) is 2.66. The number of rotatable bonds is 6. The second-order valence-electron chi connectivity index (χ2n) is 5.97. The van der Waals surface area contributed by atoms with Crippen LogP contribution in [0.3, 0.4) is 0 Å². The minimum atomic E-state index is -0.252. The van der Waals surface area contributed by atoms with Gasteiger partial charge in [-0.3, -0.25) is 4.79 Å². The maximum atomic E-state index is 13.1. The highest BCUT2D eigenvalue weighted by atomic mass is 35.5. The molecule has 0 aliphatic heterocycles. The Morgan fingerprint density at radius 1 is 0.893 bits per heavy atom. The standard InChI is InChI=1S/C23H20ClNO3/c1-27-21-13-12-18(15-22(21)28-2)25-23(26)19(16-8-4-3-5-9-16)14-17-10-6-7-11-20(17)24/h3-15H,1-2H3,(H,25,26). The molecule has 1 amide bonds. The highest BCUT2D eigenvalue weighted by molar-refractivity contribution is 6.34. The number of nitrogens with one attached hydrogen (secondary N) is 1. The summed E-state index contributed by atoms with van der Waals surface area (Å²) in [4.78, 5) is 13.1. The maximum Gasteiger partial charge on any atom is 0.256 e. The van der Waals surface area contributed by atoms with E-state index in [4.69, 9.17) is 21.1 Å². The highest BCUT2D eigenvalue weighted by Gasteiger charge is 2.14. The van der Waals surface area contributed by atoms with Crippen molar-refractivity contribution < 1.29 is 14.3 Å². The molecule has 1 N–H and O–H groups in total. The lowest BCUT2D eigenvalue weighted by molar-refractivity contribution is -0.111. The van der Waals surface area contributed by atoms with Gasteiger partial charge in [0.15, 0.2) is 11.5 Å². The predicted octanol–water partition coefficient (Wildman–Crippen LogP) is 5.54. The molecular weight excluding hydrogens is 374 g/mol. The molecule has 142 valence electrons. The van der Waals surface area contributed by atoms with Crippen LogP contribution in [-0.4, -0.2) is 20.1 Å². The molecule has 0 bridgehead atoms. The fourth-order valence-corrected chi connectivity index (χ4v) is 2.95. The first-order valence-corrected chi connectivity index (χ1v) is 9.05. The van der Waals surface area contributed by atoms with E-state index in [9.17, 15) is 4.79 Å². The third-order valence-corrected chi connectivity index (χ3v) is 4.52. The van der Waals surface area contributed by atoms with Gasteiger partial charge in [0.1, 0.15) is 0 Å². The number of anilines is 1. The fourth-order valence-electron chi connectivity index (χ4n) is 2.76. The van der Waals surface area contributed by atoms with Crippen LogP contribution in [0.4, 0.5) is 5.69 Å². The number of hydrogen-bond donors (Lipinski definition) is 1. The number of carbonyl (C=O) groups excluding carboxylic acids is 1. The third kappa shape index (κ3) is 4.53. The number of amides is 1. The molecule has 3 aromatic carbocycles.